The average Bonchev–Trinajstić information content (AvgIpc) is 2.38. The smallest absolute Gasteiger partial charge is 0.288 e. The Balaban J connectivity index is 2.09. The molecule has 1 aliphatic carbocycles. The quantitative estimate of drug-likeness (QED) is 0.631. The molecule has 0 bridgehead atoms. The number of nitro groups is 1. The molecule has 108 valence electrons. The van der Waals surface area contributed by atoms with Crippen molar-refractivity contribution in [1.29, 1.82) is 0 Å². The van der Waals surface area contributed by atoms with Crippen molar-refractivity contribution in [3.05, 3.63) is 27.9 Å². The van der Waals surface area contributed by atoms with E-state index in [0.29, 0.717) is 6.54 Å². The molecule has 0 aromatic carbocycles. The number of amides is 1. The highest BCUT2D eigenvalue weighted by Gasteiger charge is 2.35. The van der Waals surface area contributed by atoms with Gasteiger partial charge in [-0.15, -0.1) is 0 Å². The first-order chi connectivity index (χ1) is 9.47. The van der Waals surface area contributed by atoms with Crippen molar-refractivity contribution < 1.29 is 9.72 Å². The van der Waals surface area contributed by atoms with Crippen LogP contribution in [0.4, 0.5) is 11.5 Å². The number of hydrogen-bond acceptors (Lipinski definition) is 5. The Morgan fingerprint density at radius 2 is 2.30 bits per heavy atom. The topological polar surface area (TPSA) is 111 Å². The minimum absolute atomic E-state index is 0.00672. The summed E-state index contributed by atoms with van der Waals surface area (Å²) in [5, 5.41) is 13.5. The predicted molar refractivity (Wildman–Crippen MR) is 74.2 cm³/mol. The zero-order valence-electron chi connectivity index (χ0n) is 11.4. The fraction of sp³-hybridized carbons (Fsp3) is 0.538. The molecule has 1 heterocycles. The second-order valence-electron chi connectivity index (χ2n) is 5.27. The molecule has 1 aliphatic rings. The van der Waals surface area contributed by atoms with Crippen LogP contribution in [0, 0.1) is 15.5 Å². The number of nitrogens with two attached hydrogens (primary N) is 1. The molecule has 1 fully saturated rings. The van der Waals surface area contributed by atoms with E-state index in [1.807, 2.05) is 0 Å². The van der Waals surface area contributed by atoms with Crippen molar-refractivity contribution in [2.24, 2.45) is 5.41 Å². The van der Waals surface area contributed by atoms with Crippen LogP contribution in [0.1, 0.15) is 43.0 Å². The molecule has 0 saturated heterocycles. The Morgan fingerprint density at radius 3 is 2.80 bits per heavy atom. The molecule has 1 aromatic heterocycles. The maximum absolute atomic E-state index is 12.1. The molecule has 0 atom stereocenters. The highest BCUT2D eigenvalue weighted by Crippen LogP contribution is 2.43. The maximum Gasteiger partial charge on any atom is 0.288 e. The van der Waals surface area contributed by atoms with Crippen LogP contribution in [-0.4, -0.2) is 22.4 Å². The minimum atomic E-state index is -0.595. The zero-order chi connectivity index (χ0) is 14.8. The van der Waals surface area contributed by atoms with Crippen LogP contribution in [0.2, 0.25) is 0 Å². The molecule has 1 saturated carbocycles. The fourth-order valence-electron chi connectivity index (χ4n) is 2.44. The number of nitrogen functional groups attached to an aromatic ring is 1. The SMILES string of the molecule is CCC1(CNC(=O)c2cc([N+](=O)[O-])cnc2N)CCC1. The van der Waals surface area contributed by atoms with E-state index in [9.17, 15) is 14.9 Å². The lowest BCUT2D eigenvalue weighted by Gasteiger charge is -2.41. The van der Waals surface area contributed by atoms with E-state index in [4.69, 9.17) is 5.73 Å². The maximum atomic E-state index is 12.1. The zero-order valence-corrected chi connectivity index (χ0v) is 11.4. The summed E-state index contributed by atoms with van der Waals surface area (Å²) < 4.78 is 0. The third-order valence-corrected chi connectivity index (χ3v) is 4.15. The lowest BCUT2D eigenvalue weighted by Crippen LogP contribution is -2.41. The van der Waals surface area contributed by atoms with Crippen molar-refractivity contribution in [3.8, 4) is 0 Å². The summed E-state index contributed by atoms with van der Waals surface area (Å²) in [6, 6.07) is 1.16. The summed E-state index contributed by atoms with van der Waals surface area (Å²) >= 11 is 0. The molecule has 1 aromatic rings. The first-order valence-electron chi connectivity index (χ1n) is 6.65. The third kappa shape index (κ3) is 2.71. The first kappa shape index (κ1) is 14.2. The number of aromatic nitrogens is 1. The average molecular weight is 278 g/mol. The second kappa shape index (κ2) is 5.44. The number of rotatable bonds is 5. The van der Waals surface area contributed by atoms with Gasteiger partial charge in [0.15, 0.2) is 0 Å². The van der Waals surface area contributed by atoms with Gasteiger partial charge < -0.3 is 11.1 Å². The minimum Gasteiger partial charge on any atom is -0.383 e. The molecule has 7 nitrogen and oxygen atoms in total. The van der Waals surface area contributed by atoms with E-state index >= 15 is 0 Å². The van der Waals surface area contributed by atoms with Gasteiger partial charge in [-0.3, -0.25) is 14.9 Å². The van der Waals surface area contributed by atoms with E-state index < -0.39 is 10.8 Å². The van der Waals surface area contributed by atoms with Crippen molar-refractivity contribution in [2.45, 2.75) is 32.6 Å². The van der Waals surface area contributed by atoms with Crippen molar-refractivity contribution in [1.82, 2.24) is 10.3 Å². The predicted octanol–water partition coefficient (Wildman–Crippen LogP) is 1.88. The van der Waals surface area contributed by atoms with E-state index in [1.54, 1.807) is 0 Å². The number of hydrogen-bond donors (Lipinski definition) is 2. The van der Waals surface area contributed by atoms with Crippen molar-refractivity contribution >= 4 is 17.4 Å². The number of carbonyl (C=O) groups excluding carboxylic acids is 1. The molecular weight excluding hydrogens is 260 g/mol. The Bertz CT molecular complexity index is 535. The fourth-order valence-corrected chi connectivity index (χ4v) is 2.44. The number of nitrogens with one attached hydrogen (secondary N) is 1. The number of pyridine rings is 1. The Morgan fingerprint density at radius 1 is 1.60 bits per heavy atom. The number of anilines is 1. The summed E-state index contributed by atoms with van der Waals surface area (Å²) in [4.78, 5) is 25.9. The van der Waals surface area contributed by atoms with Gasteiger partial charge in [0.05, 0.1) is 10.5 Å². The molecule has 20 heavy (non-hydrogen) atoms. The molecule has 0 spiro atoms. The third-order valence-electron chi connectivity index (χ3n) is 4.15. The van der Waals surface area contributed by atoms with E-state index in [-0.39, 0.29) is 22.5 Å². The highest BCUT2D eigenvalue weighted by atomic mass is 16.6. The molecule has 2 rings (SSSR count). The summed E-state index contributed by atoms with van der Waals surface area (Å²) in [6.07, 6.45) is 5.45. The van der Waals surface area contributed by atoms with Gasteiger partial charge in [0.25, 0.3) is 11.6 Å². The Hall–Kier alpha value is -2.18. The Kier molecular flexibility index (Phi) is 3.87. The summed E-state index contributed by atoms with van der Waals surface area (Å²) in [6.45, 7) is 2.68. The molecule has 0 radical (unpaired) electrons. The largest absolute Gasteiger partial charge is 0.383 e. The van der Waals surface area contributed by atoms with Gasteiger partial charge in [-0.1, -0.05) is 13.3 Å². The molecule has 7 heteroatoms. The normalized spacial score (nSPS) is 16.2. The molecule has 3 N–H and O–H groups in total. The van der Waals surface area contributed by atoms with Crippen LogP contribution in [0.5, 0.6) is 0 Å². The number of nitrogens with zero attached hydrogens (tertiary/aromatic N) is 2. The van der Waals surface area contributed by atoms with E-state index in [0.717, 1.165) is 31.5 Å². The highest BCUT2D eigenvalue weighted by molar-refractivity contribution is 5.98. The van der Waals surface area contributed by atoms with Crippen LogP contribution in [0.3, 0.4) is 0 Å². The summed E-state index contributed by atoms with van der Waals surface area (Å²) in [5.41, 5.74) is 5.62. The van der Waals surface area contributed by atoms with Gasteiger partial charge in [-0.2, -0.15) is 0 Å². The second-order valence-corrected chi connectivity index (χ2v) is 5.27. The number of carbonyl (C=O) groups is 1. The van der Waals surface area contributed by atoms with Gasteiger partial charge in [0, 0.05) is 12.6 Å². The van der Waals surface area contributed by atoms with Gasteiger partial charge in [0.1, 0.15) is 12.0 Å². The van der Waals surface area contributed by atoms with Crippen LogP contribution in [0.15, 0.2) is 12.3 Å². The molecular formula is C13H18N4O3. The van der Waals surface area contributed by atoms with Crippen LogP contribution in [-0.2, 0) is 0 Å². The van der Waals surface area contributed by atoms with Crippen molar-refractivity contribution in [2.75, 3.05) is 12.3 Å². The molecule has 1 amide bonds. The van der Waals surface area contributed by atoms with E-state index in [2.05, 4.69) is 17.2 Å². The van der Waals surface area contributed by atoms with Gasteiger partial charge >= 0.3 is 0 Å². The summed E-state index contributed by atoms with van der Waals surface area (Å²) in [5.74, 6) is -0.398. The van der Waals surface area contributed by atoms with Crippen LogP contribution in [0.25, 0.3) is 0 Å². The Labute approximate surface area is 116 Å². The monoisotopic (exact) mass is 278 g/mol. The first-order valence-corrected chi connectivity index (χ1v) is 6.65. The van der Waals surface area contributed by atoms with Gasteiger partial charge in [-0.25, -0.2) is 4.98 Å². The van der Waals surface area contributed by atoms with Gasteiger partial charge in [0.2, 0.25) is 0 Å². The molecule has 0 aliphatic heterocycles. The van der Waals surface area contributed by atoms with Crippen LogP contribution >= 0.6 is 0 Å². The summed E-state index contributed by atoms with van der Waals surface area (Å²) in [7, 11) is 0. The van der Waals surface area contributed by atoms with E-state index in [1.165, 1.54) is 6.42 Å². The van der Waals surface area contributed by atoms with Gasteiger partial charge in [-0.05, 0) is 24.7 Å². The lowest BCUT2D eigenvalue weighted by molar-refractivity contribution is -0.385. The standard InChI is InChI=1S/C13H18N4O3/c1-2-13(4-3-5-13)8-16-12(18)10-6-9(17(19)20)7-15-11(10)14/h6-7H,2-5,8H2,1H3,(H2,14,15)(H,16,18). The van der Waals surface area contributed by atoms with Crippen molar-refractivity contribution in [3.63, 3.8) is 0 Å². The molecule has 0 unspecified atom stereocenters. The van der Waals surface area contributed by atoms with Crippen LogP contribution < -0.4 is 11.1 Å². The lowest BCUT2D eigenvalue weighted by atomic mass is 9.67.